The minimum atomic E-state index is -2.20. The third kappa shape index (κ3) is 9.51. The molecule has 7 heteroatoms. The monoisotopic (exact) mass is 344 g/mol. The highest BCUT2D eigenvalue weighted by Crippen LogP contribution is 2.33. The summed E-state index contributed by atoms with van der Waals surface area (Å²) in [5.41, 5.74) is 0. The lowest BCUT2D eigenvalue weighted by atomic mass is 10.9. The van der Waals surface area contributed by atoms with Crippen molar-refractivity contribution in [2.45, 2.75) is 2.14 Å². The summed E-state index contributed by atoms with van der Waals surface area (Å²) < 4.78 is 21.7. The lowest BCUT2D eigenvalue weighted by Crippen LogP contribution is -2.11. The summed E-state index contributed by atoms with van der Waals surface area (Å²) >= 11 is 7.01. The Hall–Kier alpha value is 1.51. The van der Waals surface area contributed by atoms with Crippen molar-refractivity contribution in [3.8, 4) is 0 Å². The SMILES string of the molecule is O=S(O)OCC(Br)(Br)Br. The Morgan fingerprint density at radius 1 is 1.56 bits per heavy atom. The molecule has 3 nitrogen and oxygen atoms in total. The van der Waals surface area contributed by atoms with Crippen LogP contribution in [0.25, 0.3) is 0 Å². The molecule has 0 bridgehead atoms. The Labute approximate surface area is 80.4 Å². The first-order chi connectivity index (χ1) is 3.92. The highest BCUT2D eigenvalue weighted by atomic mass is 80.0. The van der Waals surface area contributed by atoms with Gasteiger partial charge in [0.25, 0.3) is 0 Å². The third-order valence-electron chi connectivity index (χ3n) is 0.323. The first kappa shape index (κ1) is 10.5. The molecule has 9 heavy (non-hydrogen) atoms. The van der Waals surface area contributed by atoms with Crippen molar-refractivity contribution in [3.63, 3.8) is 0 Å². The number of hydrogen-bond donors (Lipinski definition) is 1. The summed E-state index contributed by atoms with van der Waals surface area (Å²) in [5.74, 6) is 0. The van der Waals surface area contributed by atoms with Gasteiger partial charge in [0.1, 0.15) is 6.61 Å². The molecule has 1 N–H and O–H groups in total. The van der Waals surface area contributed by atoms with Gasteiger partial charge in [0.2, 0.25) is 0 Å². The number of hydrogen-bond acceptors (Lipinski definition) is 2. The maximum Gasteiger partial charge on any atom is 0.302 e. The maximum absolute atomic E-state index is 9.87. The molecule has 1 atom stereocenters. The van der Waals surface area contributed by atoms with Crippen LogP contribution in [0.1, 0.15) is 0 Å². The Bertz CT molecular complexity index is 110. The van der Waals surface area contributed by atoms with E-state index >= 15 is 0 Å². The van der Waals surface area contributed by atoms with E-state index in [1.165, 1.54) is 0 Å². The molecule has 0 heterocycles. The minimum absolute atomic E-state index is 0.0517. The Morgan fingerprint density at radius 2 is 2.00 bits per heavy atom. The second kappa shape index (κ2) is 4.40. The highest BCUT2D eigenvalue weighted by molar-refractivity contribution is 9.39. The van der Waals surface area contributed by atoms with Gasteiger partial charge < -0.3 is 0 Å². The average molecular weight is 347 g/mol. The van der Waals surface area contributed by atoms with E-state index < -0.39 is 13.5 Å². The number of alkyl halides is 3. The first-order valence-corrected chi connectivity index (χ1v) is 5.14. The van der Waals surface area contributed by atoms with Crippen LogP contribution in [-0.2, 0) is 15.5 Å². The van der Waals surface area contributed by atoms with Crippen LogP contribution in [0.2, 0.25) is 0 Å². The Balaban J connectivity index is 3.39. The van der Waals surface area contributed by atoms with E-state index in [4.69, 9.17) is 4.55 Å². The second-order valence-corrected chi connectivity index (χ2v) is 9.02. The zero-order valence-electron chi connectivity index (χ0n) is 4.01. The van der Waals surface area contributed by atoms with Crippen LogP contribution < -0.4 is 0 Å². The number of rotatable bonds is 2. The molecule has 0 fully saturated rings. The van der Waals surface area contributed by atoms with Gasteiger partial charge in [0, 0.05) is 0 Å². The van der Waals surface area contributed by atoms with E-state index in [1.807, 2.05) is 0 Å². The second-order valence-electron chi connectivity index (χ2n) is 1.09. The van der Waals surface area contributed by atoms with E-state index in [2.05, 4.69) is 52.0 Å². The van der Waals surface area contributed by atoms with Gasteiger partial charge >= 0.3 is 11.4 Å². The fourth-order valence-electron chi connectivity index (χ4n) is 0.117. The summed E-state index contributed by atoms with van der Waals surface area (Å²) in [6, 6.07) is 0. The van der Waals surface area contributed by atoms with Gasteiger partial charge in [-0.3, -0.25) is 8.74 Å². The van der Waals surface area contributed by atoms with E-state index in [9.17, 15) is 4.21 Å². The normalized spacial score (nSPS) is 15.6. The molecule has 0 aliphatic heterocycles. The third-order valence-corrected chi connectivity index (χ3v) is 1.33. The molecule has 0 aromatic carbocycles. The van der Waals surface area contributed by atoms with Gasteiger partial charge in [-0.15, -0.1) is 0 Å². The molecule has 0 saturated heterocycles. The van der Waals surface area contributed by atoms with Gasteiger partial charge in [-0.05, 0) is 0 Å². The molecule has 0 aromatic heterocycles. The summed E-state index contributed by atoms with van der Waals surface area (Å²) in [4.78, 5) is 0. The fourth-order valence-corrected chi connectivity index (χ4v) is 1.19. The highest BCUT2D eigenvalue weighted by Gasteiger charge is 2.18. The van der Waals surface area contributed by atoms with E-state index in [-0.39, 0.29) is 6.61 Å². The van der Waals surface area contributed by atoms with Crippen LogP contribution in [0.4, 0.5) is 0 Å². The predicted octanol–water partition coefficient (Wildman–Crippen LogP) is 1.98. The summed E-state index contributed by atoms with van der Waals surface area (Å²) in [7, 11) is 0. The largest absolute Gasteiger partial charge is 0.302 e. The zero-order valence-corrected chi connectivity index (χ0v) is 9.59. The van der Waals surface area contributed by atoms with Crippen molar-refractivity contribution < 1.29 is 12.9 Å². The van der Waals surface area contributed by atoms with Crippen molar-refractivity contribution in [3.05, 3.63) is 0 Å². The molecule has 0 saturated carbocycles. The molecule has 0 amide bonds. The molecular weight excluding hydrogens is 344 g/mol. The Morgan fingerprint density at radius 3 is 2.11 bits per heavy atom. The summed E-state index contributed by atoms with van der Waals surface area (Å²) in [6.07, 6.45) is 0. The Kier molecular flexibility index (Phi) is 5.14. The maximum atomic E-state index is 9.87. The van der Waals surface area contributed by atoms with Gasteiger partial charge in [-0.2, -0.15) is 4.21 Å². The molecular formula is C2H3Br3O3S. The zero-order chi connectivity index (χ0) is 7.49. The lowest BCUT2D eigenvalue weighted by molar-refractivity contribution is 0.321. The minimum Gasteiger partial charge on any atom is -0.284 e. The standard InChI is InChI=1S/C2H3Br3O3S/c3-2(4,5)1-8-9(6)7/h1H2,(H,6,7). The summed E-state index contributed by atoms with van der Waals surface area (Å²) in [6.45, 7) is 0.0517. The fraction of sp³-hybridized carbons (Fsp3) is 1.00. The van der Waals surface area contributed by atoms with Crippen LogP contribution in [0.15, 0.2) is 0 Å². The first-order valence-electron chi connectivity index (χ1n) is 1.73. The molecule has 0 spiro atoms. The van der Waals surface area contributed by atoms with Gasteiger partial charge in [-0.25, -0.2) is 0 Å². The van der Waals surface area contributed by atoms with Gasteiger partial charge in [-0.1, -0.05) is 47.8 Å². The molecule has 0 radical (unpaired) electrons. The van der Waals surface area contributed by atoms with Crippen molar-refractivity contribution in [1.29, 1.82) is 0 Å². The molecule has 0 aliphatic rings. The van der Waals surface area contributed by atoms with E-state index in [0.29, 0.717) is 0 Å². The van der Waals surface area contributed by atoms with Gasteiger partial charge in [0.05, 0.1) is 0 Å². The van der Waals surface area contributed by atoms with Crippen LogP contribution in [0.5, 0.6) is 0 Å². The van der Waals surface area contributed by atoms with Crippen LogP contribution in [0.3, 0.4) is 0 Å². The van der Waals surface area contributed by atoms with Crippen molar-refractivity contribution >= 4 is 59.2 Å². The van der Waals surface area contributed by atoms with Crippen LogP contribution >= 0.6 is 47.8 Å². The molecule has 0 aliphatic carbocycles. The van der Waals surface area contributed by atoms with Crippen molar-refractivity contribution in [2.24, 2.45) is 0 Å². The van der Waals surface area contributed by atoms with Crippen LogP contribution in [-0.4, -0.2) is 17.5 Å². The van der Waals surface area contributed by atoms with Gasteiger partial charge in [0.15, 0.2) is 2.14 Å². The van der Waals surface area contributed by atoms with Crippen molar-refractivity contribution in [2.75, 3.05) is 6.61 Å². The van der Waals surface area contributed by atoms with Crippen molar-refractivity contribution in [1.82, 2.24) is 0 Å². The van der Waals surface area contributed by atoms with Crippen LogP contribution in [0, 0.1) is 0 Å². The average Bonchev–Trinajstić information content (AvgIpc) is 1.59. The quantitative estimate of drug-likeness (QED) is 0.614. The molecule has 56 valence electrons. The lowest BCUT2D eigenvalue weighted by Gasteiger charge is -2.08. The smallest absolute Gasteiger partial charge is 0.284 e. The topological polar surface area (TPSA) is 46.5 Å². The molecule has 0 aromatic rings. The van der Waals surface area contributed by atoms with E-state index in [1.54, 1.807) is 0 Å². The predicted molar refractivity (Wildman–Crippen MR) is 46.2 cm³/mol. The van der Waals surface area contributed by atoms with E-state index in [0.717, 1.165) is 0 Å². The number of halogens is 3. The molecule has 1 unspecified atom stereocenters. The molecule has 0 rings (SSSR count). The summed E-state index contributed by atoms with van der Waals surface area (Å²) in [5, 5.41) is 0.